The van der Waals surface area contributed by atoms with Gasteiger partial charge in [0.2, 0.25) is 0 Å². The van der Waals surface area contributed by atoms with E-state index in [0.29, 0.717) is 12.1 Å². The highest BCUT2D eigenvalue weighted by molar-refractivity contribution is 4.85. The number of ether oxygens (including phenoxy) is 1. The summed E-state index contributed by atoms with van der Waals surface area (Å²) in [6.45, 7) is 7.11. The van der Waals surface area contributed by atoms with Crippen molar-refractivity contribution in [3.63, 3.8) is 0 Å². The highest BCUT2D eigenvalue weighted by atomic mass is 16.5. The number of hydrogen-bond acceptors (Lipinski definition) is 3. The molecule has 1 saturated carbocycles. The molecule has 1 saturated heterocycles. The van der Waals surface area contributed by atoms with E-state index in [1.54, 1.807) is 0 Å². The van der Waals surface area contributed by atoms with Gasteiger partial charge in [-0.2, -0.15) is 0 Å². The van der Waals surface area contributed by atoms with Gasteiger partial charge < -0.3 is 15.0 Å². The fraction of sp³-hybridized carbons (Fsp3) is 1.00. The fourth-order valence-electron chi connectivity index (χ4n) is 2.90. The van der Waals surface area contributed by atoms with Crippen LogP contribution < -0.4 is 5.32 Å². The Balaban J connectivity index is 1.53. The first kappa shape index (κ1) is 13.3. The van der Waals surface area contributed by atoms with E-state index < -0.39 is 0 Å². The Morgan fingerprint density at radius 2 is 1.94 bits per heavy atom. The topological polar surface area (TPSA) is 24.5 Å². The highest BCUT2D eigenvalue weighted by Crippen LogP contribution is 2.25. The number of piperidine rings is 1. The van der Waals surface area contributed by atoms with Gasteiger partial charge >= 0.3 is 0 Å². The first-order chi connectivity index (χ1) is 8.31. The molecule has 100 valence electrons. The molecule has 1 aliphatic heterocycles. The molecule has 2 fully saturated rings. The van der Waals surface area contributed by atoms with Crippen LogP contribution in [0.1, 0.15) is 39.0 Å². The van der Waals surface area contributed by atoms with Crippen molar-refractivity contribution < 1.29 is 4.74 Å². The Morgan fingerprint density at radius 3 is 2.53 bits per heavy atom. The summed E-state index contributed by atoms with van der Waals surface area (Å²) < 4.78 is 5.99. The van der Waals surface area contributed by atoms with E-state index in [2.05, 4.69) is 17.1 Å². The smallest absolute Gasteiger partial charge is 0.0605 e. The van der Waals surface area contributed by atoms with Gasteiger partial charge in [0.25, 0.3) is 0 Å². The molecule has 0 radical (unpaired) electrons. The lowest BCUT2D eigenvalue weighted by Crippen LogP contribution is -2.44. The van der Waals surface area contributed by atoms with E-state index >= 15 is 0 Å². The predicted octanol–water partition coefficient (Wildman–Crippen LogP) is 1.88. The average Bonchev–Trinajstić information content (AvgIpc) is 2.30. The van der Waals surface area contributed by atoms with Crippen LogP contribution in [0.2, 0.25) is 0 Å². The SMILES string of the molecule is CCCN1CCC(COC2CC(NC)C2)CC1. The molecule has 0 bridgehead atoms. The lowest BCUT2D eigenvalue weighted by Gasteiger charge is -2.37. The van der Waals surface area contributed by atoms with Gasteiger partial charge in [0.15, 0.2) is 0 Å². The molecule has 1 aliphatic carbocycles. The summed E-state index contributed by atoms with van der Waals surface area (Å²) in [7, 11) is 2.05. The Bertz CT molecular complexity index is 208. The Morgan fingerprint density at radius 1 is 1.24 bits per heavy atom. The minimum atomic E-state index is 0.543. The van der Waals surface area contributed by atoms with Crippen LogP contribution >= 0.6 is 0 Å². The molecule has 1 heterocycles. The maximum Gasteiger partial charge on any atom is 0.0605 e. The summed E-state index contributed by atoms with van der Waals surface area (Å²) in [6, 6.07) is 0.714. The summed E-state index contributed by atoms with van der Waals surface area (Å²) >= 11 is 0. The number of nitrogens with one attached hydrogen (secondary N) is 1. The van der Waals surface area contributed by atoms with E-state index in [1.807, 2.05) is 7.05 Å². The normalized spacial score (nSPS) is 31.4. The van der Waals surface area contributed by atoms with Crippen LogP contribution in [0.25, 0.3) is 0 Å². The molecule has 3 nitrogen and oxygen atoms in total. The molecule has 0 unspecified atom stereocenters. The number of hydrogen-bond donors (Lipinski definition) is 1. The van der Waals surface area contributed by atoms with E-state index in [-0.39, 0.29) is 0 Å². The van der Waals surface area contributed by atoms with Gasteiger partial charge in [0.05, 0.1) is 6.10 Å². The molecule has 2 rings (SSSR count). The second-order valence-corrected chi connectivity index (χ2v) is 5.70. The zero-order chi connectivity index (χ0) is 12.1. The molecule has 2 aliphatic rings. The van der Waals surface area contributed by atoms with E-state index in [4.69, 9.17) is 4.74 Å². The molecule has 3 heteroatoms. The minimum Gasteiger partial charge on any atom is -0.378 e. The monoisotopic (exact) mass is 240 g/mol. The van der Waals surface area contributed by atoms with E-state index in [9.17, 15) is 0 Å². The molecular formula is C14H28N2O. The largest absolute Gasteiger partial charge is 0.378 e. The number of rotatable bonds is 6. The van der Waals surface area contributed by atoms with Crippen LogP contribution in [0.15, 0.2) is 0 Å². The Kier molecular flexibility index (Phi) is 5.26. The van der Waals surface area contributed by atoms with Crippen molar-refractivity contribution >= 4 is 0 Å². The summed E-state index contributed by atoms with van der Waals surface area (Å²) in [5.74, 6) is 0.816. The van der Waals surface area contributed by atoms with Crippen LogP contribution in [-0.2, 0) is 4.74 Å². The first-order valence-corrected chi connectivity index (χ1v) is 7.33. The summed E-state index contributed by atoms with van der Waals surface area (Å²) in [5.41, 5.74) is 0. The van der Waals surface area contributed by atoms with Gasteiger partial charge in [-0.25, -0.2) is 0 Å². The Hall–Kier alpha value is -0.120. The van der Waals surface area contributed by atoms with Crippen molar-refractivity contribution in [1.82, 2.24) is 10.2 Å². The molecule has 0 aromatic carbocycles. The van der Waals surface area contributed by atoms with Gasteiger partial charge in [-0.15, -0.1) is 0 Å². The number of nitrogens with zero attached hydrogens (tertiary/aromatic N) is 1. The van der Waals surface area contributed by atoms with Crippen LogP contribution in [0.5, 0.6) is 0 Å². The van der Waals surface area contributed by atoms with Gasteiger partial charge in [-0.05, 0) is 64.7 Å². The standard InChI is InChI=1S/C14H28N2O/c1-3-6-16-7-4-12(5-8-16)11-17-14-9-13(10-14)15-2/h12-15H,3-11H2,1-2H3. The van der Waals surface area contributed by atoms with Crippen LogP contribution in [0.4, 0.5) is 0 Å². The van der Waals surface area contributed by atoms with Crippen molar-refractivity contribution in [3.05, 3.63) is 0 Å². The van der Waals surface area contributed by atoms with Crippen molar-refractivity contribution in [3.8, 4) is 0 Å². The van der Waals surface area contributed by atoms with Gasteiger partial charge in [-0.3, -0.25) is 0 Å². The van der Waals surface area contributed by atoms with Gasteiger partial charge in [-0.1, -0.05) is 6.92 Å². The van der Waals surface area contributed by atoms with Crippen LogP contribution in [0.3, 0.4) is 0 Å². The van der Waals surface area contributed by atoms with Gasteiger partial charge in [0.1, 0.15) is 0 Å². The molecule has 0 amide bonds. The van der Waals surface area contributed by atoms with Crippen molar-refractivity contribution in [1.29, 1.82) is 0 Å². The quantitative estimate of drug-likeness (QED) is 0.767. The summed E-state index contributed by atoms with van der Waals surface area (Å²) in [4.78, 5) is 2.59. The first-order valence-electron chi connectivity index (χ1n) is 7.33. The minimum absolute atomic E-state index is 0.543. The molecule has 0 aromatic rings. The van der Waals surface area contributed by atoms with Gasteiger partial charge in [0, 0.05) is 12.6 Å². The van der Waals surface area contributed by atoms with Crippen molar-refractivity contribution in [2.45, 2.75) is 51.2 Å². The molecular weight excluding hydrogens is 212 g/mol. The average molecular weight is 240 g/mol. The zero-order valence-electron chi connectivity index (χ0n) is 11.5. The third kappa shape index (κ3) is 3.94. The number of likely N-dealkylation sites (tertiary alicyclic amines) is 1. The lowest BCUT2D eigenvalue weighted by molar-refractivity contribution is -0.0391. The van der Waals surface area contributed by atoms with E-state index in [1.165, 1.54) is 51.7 Å². The predicted molar refractivity (Wildman–Crippen MR) is 71.3 cm³/mol. The molecule has 0 atom stereocenters. The highest BCUT2D eigenvalue weighted by Gasteiger charge is 2.29. The van der Waals surface area contributed by atoms with Crippen LogP contribution in [0, 0.1) is 5.92 Å². The molecule has 0 spiro atoms. The van der Waals surface area contributed by atoms with E-state index in [0.717, 1.165) is 12.5 Å². The third-order valence-electron chi connectivity index (χ3n) is 4.32. The van der Waals surface area contributed by atoms with Crippen molar-refractivity contribution in [2.24, 2.45) is 5.92 Å². The fourth-order valence-corrected chi connectivity index (χ4v) is 2.90. The maximum atomic E-state index is 5.99. The van der Waals surface area contributed by atoms with Crippen LogP contribution in [-0.4, -0.2) is 50.3 Å². The molecule has 1 N–H and O–H groups in total. The molecule has 0 aromatic heterocycles. The second-order valence-electron chi connectivity index (χ2n) is 5.70. The summed E-state index contributed by atoms with van der Waals surface area (Å²) in [6.07, 6.45) is 6.93. The summed E-state index contributed by atoms with van der Waals surface area (Å²) in [5, 5.41) is 3.30. The second kappa shape index (κ2) is 6.72. The van der Waals surface area contributed by atoms with Crippen molar-refractivity contribution in [2.75, 3.05) is 33.3 Å². The molecule has 17 heavy (non-hydrogen) atoms. The zero-order valence-corrected chi connectivity index (χ0v) is 11.5. The third-order valence-corrected chi connectivity index (χ3v) is 4.32. The Labute approximate surface area is 106 Å². The maximum absolute atomic E-state index is 5.99. The lowest BCUT2D eigenvalue weighted by atomic mass is 9.89.